The summed E-state index contributed by atoms with van der Waals surface area (Å²) in [7, 11) is 0. The van der Waals surface area contributed by atoms with Crippen molar-refractivity contribution in [2.24, 2.45) is 0 Å². The summed E-state index contributed by atoms with van der Waals surface area (Å²) in [5.74, 6) is -0.779. The highest BCUT2D eigenvalue weighted by Crippen LogP contribution is 2.17. The van der Waals surface area contributed by atoms with Crippen LogP contribution >= 0.6 is 0 Å². The van der Waals surface area contributed by atoms with E-state index in [0.29, 0.717) is 6.42 Å². The average molecular weight is 729 g/mol. The monoisotopic (exact) mass is 729 g/mol. The molecule has 304 valence electrons. The van der Waals surface area contributed by atoms with E-state index in [4.69, 9.17) is 9.84 Å². The third-order valence-corrected chi connectivity index (χ3v) is 10.3. The number of rotatable bonds is 42. The highest BCUT2D eigenvalue weighted by atomic mass is 16.5. The molecule has 0 aliphatic carbocycles. The normalized spacial score (nSPS) is 12.5. The van der Waals surface area contributed by atoms with Gasteiger partial charge in [-0.25, -0.2) is 0 Å². The van der Waals surface area contributed by atoms with Crippen LogP contribution in [0.1, 0.15) is 251 Å². The van der Waals surface area contributed by atoms with Gasteiger partial charge in [0.15, 0.2) is 0 Å². The van der Waals surface area contributed by atoms with E-state index in [2.05, 4.69) is 50.3 Å². The van der Waals surface area contributed by atoms with Crippen LogP contribution in [0.4, 0.5) is 0 Å². The summed E-state index contributed by atoms with van der Waals surface area (Å²) >= 11 is 0. The van der Waals surface area contributed by atoms with E-state index in [0.717, 1.165) is 64.2 Å². The number of unbranched alkanes of at least 4 members (excludes halogenated alkanes) is 29. The SMILES string of the molecule is CCCCC/C=C\C/C=C\C/C=C\C(CCCCCCCC(=O)O)OC(=O)CCCCCCCCCCCCCCCCCCCCCCCCC. The van der Waals surface area contributed by atoms with Crippen LogP contribution in [0.5, 0.6) is 0 Å². The lowest BCUT2D eigenvalue weighted by Crippen LogP contribution is -2.16. The molecule has 1 unspecified atom stereocenters. The van der Waals surface area contributed by atoms with Crippen LogP contribution in [0.25, 0.3) is 0 Å². The van der Waals surface area contributed by atoms with Crippen LogP contribution in [0, 0.1) is 0 Å². The number of carbonyl (C=O) groups excluding carboxylic acids is 1. The van der Waals surface area contributed by atoms with E-state index in [-0.39, 0.29) is 18.5 Å². The van der Waals surface area contributed by atoms with Crippen LogP contribution in [-0.2, 0) is 14.3 Å². The third kappa shape index (κ3) is 42.6. The predicted octanol–water partition coefficient (Wildman–Crippen LogP) is 16.1. The molecule has 0 saturated carbocycles. The number of carboxylic acid groups (broad SMARTS) is 1. The van der Waals surface area contributed by atoms with Gasteiger partial charge in [-0.3, -0.25) is 9.59 Å². The molecule has 0 aromatic rings. The van der Waals surface area contributed by atoms with Crippen LogP contribution < -0.4 is 0 Å². The zero-order valence-electron chi connectivity index (χ0n) is 34.9. The fourth-order valence-corrected chi connectivity index (χ4v) is 6.94. The number of aliphatic carboxylic acids is 1. The first-order valence-corrected chi connectivity index (χ1v) is 23.0. The Morgan fingerprint density at radius 2 is 0.808 bits per heavy atom. The Balaban J connectivity index is 3.91. The van der Waals surface area contributed by atoms with Crippen molar-refractivity contribution in [1.29, 1.82) is 0 Å². The molecule has 0 spiro atoms. The van der Waals surface area contributed by atoms with Gasteiger partial charge in [-0.2, -0.15) is 0 Å². The molecule has 0 saturated heterocycles. The standard InChI is InChI=1S/C48H88O4/c1-3-5-7-9-11-13-15-16-17-18-19-20-21-22-23-24-25-26-28-30-32-37-41-45-48(51)52-46(43-39-35-33-36-40-44-47(49)50)42-38-34-31-29-27-14-12-10-8-6-4-2/h12,14,29,31,38,42,46H,3-11,13,15-28,30,32-37,39-41,43-45H2,1-2H3,(H,49,50)/b14-12-,31-29-,42-38-. The number of allylic oxidation sites excluding steroid dienone is 5. The highest BCUT2D eigenvalue weighted by molar-refractivity contribution is 5.69. The Morgan fingerprint density at radius 3 is 1.27 bits per heavy atom. The van der Waals surface area contributed by atoms with Crippen molar-refractivity contribution in [3.05, 3.63) is 36.5 Å². The Morgan fingerprint density at radius 1 is 0.442 bits per heavy atom. The van der Waals surface area contributed by atoms with Crippen molar-refractivity contribution in [3.63, 3.8) is 0 Å². The topological polar surface area (TPSA) is 63.6 Å². The molecule has 0 radical (unpaired) electrons. The van der Waals surface area contributed by atoms with Gasteiger partial charge in [0.2, 0.25) is 0 Å². The smallest absolute Gasteiger partial charge is 0.306 e. The minimum Gasteiger partial charge on any atom is -0.481 e. The molecule has 0 bridgehead atoms. The summed E-state index contributed by atoms with van der Waals surface area (Å²) in [4.78, 5) is 23.4. The van der Waals surface area contributed by atoms with Crippen LogP contribution in [0.15, 0.2) is 36.5 Å². The van der Waals surface area contributed by atoms with Crippen molar-refractivity contribution in [2.75, 3.05) is 0 Å². The van der Waals surface area contributed by atoms with Crippen LogP contribution in [0.3, 0.4) is 0 Å². The zero-order valence-corrected chi connectivity index (χ0v) is 34.9. The molecule has 0 heterocycles. The van der Waals surface area contributed by atoms with Gasteiger partial charge < -0.3 is 9.84 Å². The van der Waals surface area contributed by atoms with Gasteiger partial charge in [0.05, 0.1) is 0 Å². The fourth-order valence-electron chi connectivity index (χ4n) is 6.94. The van der Waals surface area contributed by atoms with Crippen molar-refractivity contribution in [2.45, 2.75) is 258 Å². The Labute approximate surface area is 324 Å². The van der Waals surface area contributed by atoms with Gasteiger partial charge in [0.1, 0.15) is 6.10 Å². The van der Waals surface area contributed by atoms with Crippen molar-refractivity contribution in [1.82, 2.24) is 0 Å². The molecule has 4 heteroatoms. The van der Waals surface area contributed by atoms with Gasteiger partial charge >= 0.3 is 11.9 Å². The minimum atomic E-state index is -0.713. The predicted molar refractivity (Wildman–Crippen MR) is 227 cm³/mol. The Kier molecular flexibility index (Phi) is 42.0. The van der Waals surface area contributed by atoms with Crippen molar-refractivity contribution in [3.8, 4) is 0 Å². The van der Waals surface area contributed by atoms with E-state index in [1.807, 2.05) is 0 Å². The maximum absolute atomic E-state index is 12.7. The molecular weight excluding hydrogens is 641 g/mol. The highest BCUT2D eigenvalue weighted by Gasteiger charge is 2.11. The molecule has 0 fully saturated rings. The second-order valence-corrected chi connectivity index (χ2v) is 15.6. The zero-order chi connectivity index (χ0) is 37.8. The fraction of sp³-hybridized carbons (Fsp3) is 0.833. The van der Waals surface area contributed by atoms with E-state index in [9.17, 15) is 9.59 Å². The maximum atomic E-state index is 12.7. The summed E-state index contributed by atoms with van der Waals surface area (Å²) in [6, 6.07) is 0. The van der Waals surface area contributed by atoms with Gasteiger partial charge in [-0.05, 0) is 57.4 Å². The summed E-state index contributed by atoms with van der Waals surface area (Å²) in [6.07, 6.45) is 57.8. The quantitative estimate of drug-likeness (QED) is 0.0386. The molecular formula is C48H88O4. The maximum Gasteiger partial charge on any atom is 0.306 e. The molecule has 52 heavy (non-hydrogen) atoms. The lowest BCUT2D eigenvalue weighted by Gasteiger charge is -2.14. The molecule has 0 amide bonds. The number of esters is 1. The lowest BCUT2D eigenvalue weighted by atomic mass is 10.0. The van der Waals surface area contributed by atoms with Crippen LogP contribution in [0.2, 0.25) is 0 Å². The minimum absolute atomic E-state index is 0.0663. The summed E-state index contributed by atoms with van der Waals surface area (Å²) in [6.45, 7) is 4.53. The number of carboxylic acids is 1. The molecule has 4 nitrogen and oxygen atoms in total. The van der Waals surface area contributed by atoms with E-state index in [1.54, 1.807) is 0 Å². The molecule has 0 aliphatic rings. The summed E-state index contributed by atoms with van der Waals surface area (Å²) < 4.78 is 5.91. The summed E-state index contributed by atoms with van der Waals surface area (Å²) in [5, 5.41) is 8.83. The van der Waals surface area contributed by atoms with E-state index >= 15 is 0 Å². The first-order valence-electron chi connectivity index (χ1n) is 23.0. The molecule has 0 rings (SSSR count). The molecule has 0 aliphatic heterocycles. The van der Waals surface area contributed by atoms with Crippen molar-refractivity contribution < 1.29 is 19.4 Å². The third-order valence-electron chi connectivity index (χ3n) is 10.3. The summed E-state index contributed by atoms with van der Waals surface area (Å²) in [5.41, 5.74) is 0. The van der Waals surface area contributed by atoms with Crippen molar-refractivity contribution >= 4 is 11.9 Å². The second-order valence-electron chi connectivity index (χ2n) is 15.6. The number of hydrogen-bond donors (Lipinski definition) is 1. The Hall–Kier alpha value is -1.84. The largest absolute Gasteiger partial charge is 0.481 e. The number of hydrogen-bond acceptors (Lipinski definition) is 3. The van der Waals surface area contributed by atoms with Crippen LogP contribution in [-0.4, -0.2) is 23.1 Å². The molecule has 0 aromatic carbocycles. The Bertz CT molecular complexity index is 828. The number of carbonyl (C=O) groups is 2. The average Bonchev–Trinajstić information content (AvgIpc) is 3.13. The number of ether oxygens (including phenoxy) is 1. The molecule has 1 N–H and O–H groups in total. The van der Waals surface area contributed by atoms with E-state index in [1.165, 1.54) is 161 Å². The van der Waals surface area contributed by atoms with Gasteiger partial charge in [-0.1, -0.05) is 218 Å². The second kappa shape index (κ2) is 43.6. The lowest BCUT2D eigenvalue weighted by molar-refractivity contribution is -0.147. The first kappa shape index (κ1) is 50.2. The van der Waals surface area contributed by atoms with Gasteiger partial charge in [-0.15, -0.1) is 0 Å². The molecule has 0 aromatic heterocycles. The van der Waals surface area contributed by atoms with E-state index < -0.39 is 5.97 Å². The molecule has 1 atom stereocenters. The van der Waals surface area contributed by atoms with Gasteiger partial charge in [0, 0.05) is 12.8 Å². The van der Waals surface area contributed by atoms with Gasteiger partial charge in [0.25, 0.3) is 0 Å². The first-order chi connectivity index (χ1) is 25.6.